The van der Waals surface area contributed by atoms with Crippen LogP contribution in [-0.4, -0.2) is 21.6 Å². The third kappa shape index (κ3) is 2.25. The van der Waals surface area contributed by atoms with E-state index in [1.807, 2.05) is 30.3 Å². The topological polar surface area (TPSA) is 57.0 Å². The first-order chi connectivity index (χ1) is 7.79. The predicted octanol–water partition coefficient (Wildman–Crippen LogP) is 0.695. The van der Waals surface area contributed by atoms with Crippen LogP contribution in [0, 0.1) is 0 Å². The Hall–Kier alpha value is -2.17. The molecule has 0 bridgehead atoms. The first kappa shape index (κ1) is 10.4. The van der Waals surface area contributed by atoms with Crippen molar-refractivity contribution < 1.29 is 4.74 Å². The monoisotopic (exact) mass is 217 g/mol. The summed E-state index contributed by atoms with van der Waals surface area (Å²) in [5.74, 6) is 0. The fraction of sp³-hybridized carbons (Fsp3) is 0.182. The van der Waals surface area contributed by atoms with Crippen LogP contribution in [0.4, 0.5) is 0 Å². The van der Waals surface area contributed by atoms with Gasteiger partial charge in [0.25, 0.3) is 0 Å². The second-order valence-corrected chi connectivity index (χ2v) is 3.24. The Bertz CT molecular complexity index is 522. The lowest BCUT2D eigenvalue weighted by atomic mass is 10.2. The van der Waals surface area contributed by atoms with Crippen molar-refractivity contribution >= 4 is 0 Å². The summed E-state index contributed by atoms with van der Waals surface area (Å²) in [6.45, 7) is 0.462. The summed E-state index contributed by atoms with van der Waals surface area (Å²) in [7, 11) is 1.43. The van der Waals surface area contributed by atoms with Crippen LogP contribution in [0.15, 0.2) is 41.5 Å². The van der Waals surface area contributed by atoms with Gasteiger partial charge in [-0.15, -0.1) is 4.98 Å². The molecule has 5 heteroatoms. The second kappa shape index (κ2) is 4.57. The third-order valence-corrected chi connectivity index (χ3v) is 2.12. The molecule has 0 aliphatic heterocycles. The maximum atomic E-state index is 11.5. The molecule has 5 nitrogen and oxygen atoms in total. The van der Waals surface area contributed by atoms with E-state index in [-0.39, 0.29) is 11.7 Å². The van der Waals surface area contributed by atoms with Crippen molar-refractivity contribution in [3.05, 3.63) is 52.7 Å². The molecular weight excluding hydrogens is 206 g/mol. The zero-order valence-corrected chi connectivity index (χ0v) is 8.83. The summed E-state index contributed by atoms with van der Waals surface area (Å²) >= 11 is 0. The highest BCUT2D eigenvalue weighted by atomic mass is 16.5. The molecule has 0 atom stereocenters. The summed E-state index contributed by atoms with van der Waals surface area (Å²) in [6, 6.07) is 9.74. The highest BCUT2D eigenvalue weighted by Crippen LogP contribution is 2.00. The molecule has 2 aromatic rings. The normalized spacial score (nSPS) is 10.1. The molecule has 82 valence electrons. The van der Waals surface area contributed by atoms with Crippen LogP contribution in [-0.2, 0) is 6.54 Å². The lowest BCUT2D eigenvalue weighted by Gasteiger charge is -2.04. The standard InChI is InChI=1S/C11H11N3O2/c1-16-10-12-8-14(11(15)13-10)7-9-5-3-2-4-6-9/h2-6,8H,7H2,1H3. The Morgan fingerprint density at radius 1 is 1.31 bits per heavy atom. The average Bonchev–Trinajstić information content (AvgIpc) is 2.33. The molecule has 1 aromatic heterocycles. The van der Waals surface area contributed by atoms with Crippen LogP contribution >= 0.6 is 0 Å². The van der Waals surface area contributed by atoms with Gasteiger partial charge in [-0.05, 0) is 5.56 Å². The Balaban J connectivity index is 2.26. The number of ether oxygens (including phenoxy) is 1. The van der Waals surface area contributed by atoms with Crippen LogP contribution in [0.3, 0.4) is 0 Å². The number of hydrogen-bond acceptors (Lipinski definition) is 4. The minimum atomic E-state index is -0.365. The van der Waals surface area contributed by atoms with Gasteiger partial charge in [-0.25, -0.2) is 4.79 Å². The Morgan fingerprint density at radius 3 is 2.69 bits per heavy atom. The Morgan fingerprint density at radius 2 is 2.06 bits per heavy atom. The summed E-state index contributed by atoms with van der Waals surface area (Å²) in [6.07, 6.45) is 1.43. The van der Waals surface area contributed by atoms with Crippen molar-refractivity contribution in [3.8, 4) is 6.01 Å². The quantitative estimate of drug-likeness (QED) is 0.759. The molecule has 0 unspecified atom stereocenters. The first-order valence-corrected chi connectivity index (χ1v) is 4.81. The van der Waals surface area contributed by atoms with Gasteiger partial charge in [-0.2, -0.15) is 4.98 Å². The van der Waals surface area contributed by atoms with Crippen LogP contribution < -0.4 is 10.4 Å². The van der Waals surface area contributed by atoms with Gasteiger partial charge in [0, 0.05) is 0 Å². The molecule has 16 heavy (non-hydrogen) atoms. The zero-order chi connectivity index (χ0) is 11.4. The van der Waals surface area contributed by atoms with E-state index in [0.29, 0.717) is 6.54 Å². The van der Waals surface area contributed by atoms with Gasteiger partial charge >= 0.3 is 11.7 Å². The van der Waals surface area contributed by atoms with Gasteiger partial charge in [0.15, 0.2) is 0 Å². The summed E-state index contributed by atoms with van der Waals surface area (Å²) in [5.41, 5.74) is 0.661. The molecule has 0 N–H and O–H groups in total. The lowest BCUT2D eigenvalue weighted by Crippen LogP contribution is -2.24. The first-order valence-electron chi connectivity index (χ1n) is 4.81. The lowest BCUT2D eigenvalue weighted by molar-refractivity contribution is 0.372. The van der Waals surface area contributed by atoms with Crippen molar-refractivity contribution in [2.75, 3.05) is 7.11 Å². The smallest absolute Gasteiger partial charge is 0.353 e. The van der Waals surface area contributed by atoms with Crippen LogP contribution in [0.5, 0.6) is 6.01 Å². The highest BCUT2D eigenvalue weighted by molar-refractivity contribution is 5.14. The number of nitrogens with zero attached hydrogens (tertiary/aromatic N) is 3. The SMILES string of the molecule is COc1ncn(Cc2ccccc2)c(=O)n1. The molecular formula is C11H11N3O2. The highest BCUT2D eigenvalue weighted by Gasteiger charge is 2.01. The van der Waals surface area contributed by atoms with E-state index in [2.05, 4.69) is 9.97 Å². The molecule has 0 amide bonds. The maximum absolute atomic E-state index is 11.5. The van der Waals surface area contributed by atoms with E-state index in [1.165, 1.54) is 18.0 Å². The van der Waals surface area contributed by atoms with E-state index in [4.69, 9.17) is 4.74 Å². The molecule has 1 heterocycles. The van der Waals surface area contributed by atoms with Gasteiger partial charge in [-0.1, -0.05) is 30.3 Å². The summed E-state index contributed by atoms with van der Waals surface area (Å²) in [4.78, 5) is 19.1. The van der Waals surface area contributed by atoms with E-state index in [1.54, 1.807) is 0 Å². The van der Waals surface area contributed by atoms with Gasteiger partial charge in [0.05, 0.1) is 13.7 Å². The molecule has 0 aliphatic carbocycles. The summed E-state index contributed by atoms with van der Waals surface area (Å²) in [5, 5.41) is 0. The van der Waals surface area contributed by atoms with E-state index in [0.717, 1.165) is 5.56 Å². The van der Waals surface area contributed by atoms with Crippen molar-refractivity contribution in [1.29, 1.82) is 0 Å². The fourth-order valence-corrected chi connectivity index (χ4v) is 1.33. The minimum Gasteiger partial charge on any atom is -0.467 e. The zero-order valence-electron chi connectivity index (χ0n) is 8.83. The number of aromatic nitrogens is 3. The molecule has 0 saturated heterocycles. The minimum absolute atomic E-state index is 0.0920. The van der Waals surface area contributed by atoms with Crippen LogP contribution in [0.1, 0.15) is 5.56 Å². The van der Waals surface area contributed by atoms with Gasteiger partial charge in [0.1, 0.15) is 6.33 Å². The van der Waals surface area contributed by atoms with Crippen molar-refractivity contribution in [2.24, 2.45) is 0 Å². The molecule has 0 aliphatic rings. The number of methoxy groups -OCH3 is 1. The fourth-order valence-electron chi connectivity index (χ4n) is 1.33. The summed E-state index contributed by atoms with van der Waals surface area (Å²) < 4.78 is 6.19. The number of hydrogen-bond donors (Lipinski definition) is 0. The van der Waals surface area contributed by atoms with Crippen molar-refractivity contribution in [1.82, 2.24) is 14.5 Å². The van der Waals surface area contributed by atoms with Crippen molar-refractivity contribution in [3.63, 3.8) is 0 Å². The number of benzene rings is 1. The maximum Gasteiger partial charge on any atom is 0.353 e. The third-order valence-electron chi connectivity index (χ3n) is 2.12. The van der Waals surface area contributed by atoms with Gasteiger partial charge < -0.3 is 4.74 Å². The molecule has 0 spiro atoms. The van der Waals surface area contributed by atoms with E-state index in [9.17, 15) is 4.79 Å². The molecule has 0 saturated carbocycles. The van der Waals surface area contributed by atoms with Gasteiger partial charge in [0.2, 0.25) is 0 Å². The van der Waals surface area contributed by atoms with Gasteiger partial charge in [-0.3, -0.25) is 4.57 Å². The van der Waals surface area contributed by atoms with E-state index < -0.39 is 0 Å². The Labute approximate surface area is 92.4 Å². The van der Waals surface area contributed by atoms with Crippen molar-refractivity contribution in [2.45, 2.75) is 6.54 Å². The molecule has 2 rings (SSSR count). The molecule has 0 radical (unpaired) electrons. The number of rotatable bonds is 3. The Kier molecular flexibility index (Phi) is 2.95. The average molecular weight is 217 g/mol. The predicted molar refractivity (Wildman–Crippen MR) is 58.4 cm³/mol. The van der Waals surface area contributed by atoms with Crippen LogP contribution in [0.2, 0.25) is 0 Å². The largest absolute Gasteiger partial charge is 0.467 e. The molecule has 0 fully saturated rings. The molecule has 1 aromatic carbocycles. The van der Waals surface area contributed by atoms with E-state index >= 15 is 0 Å². The second-order valence-electron chi connectivity index (χ2n) is 3.24. The van der Waals surface area contributed by atoms with Crippen LogP contribution in [0.25, 0.3) is 0 Å².